The van der Waals surface area contributed by atoms with Gasteiger partial charge in [-0.15, -0.1) is 0 Å². The van der Waals surface area contributed by atoms with Crippen LogP contribution >= 0.6 is 0 Å². The highest BCUT2D eigenvalue weighted by Crippen LogP contribution is 2.19. The van der Waals surface area contributed by atoms with Crippen LogP contribution in [0.5, 0.6) is 0 Å². The highest BCUT2D eigenvalue weighted by molar-refractivity contribution is 6.04. The lowest BCUT2D eigenvalue weighted by Gasteiger charge is -2.21. The van der Waals surface area contributed by atoms with E-state index in [4.69, 9.17) is 0 Å². The largest absolute Gasteiger partial charge is 0.337 e. The van der Waals surface area contributed by atoms with Gasteiger partial charge < -0.3 is 4.90 Å². The highest BCUT2D eigenvalue weighted by atomic mass is 16.2. The molecule has 0 bridgehead atoms. The third-order valence-electron chi connectivity index (χ3n) is 4.90. The van der Waals surface area contributed by atoms with Gasteiger partial charge in [-0.05, 0) is 31.0 Å². The van der Waals surface area contributed by atoms with E-state index < -0.39 is 0 Å². The van der Waals surface area contributed by atoms with Gasteiger partial charge in [-0.1, -0.05) is 49.2 Å². The van der Waals surface area contributed by atoms with E-state index in [-0.39, 0.29) is 11.5 Å². The van der Waals surface area contributed by atoms with Gasteiger partial charge >= 0.3 is 0 Å². The van der Waals surface area contributed by atoms with E-state index in [2.05, 4.69) is 5.10 Å². The molecule has 26 heavy (non-hydrogen) atoms. The van der Waals surface area contributed by atoms with Crippen LogP contribution in [-0.4, -0.2) is 33.7 Å². The number of rotatable bonds is 2. The van der Waals surface area contributed by atoms with Crippen LogP contribution in [0.3, 0.4) is 0 Å². The van der Waals surface area contributed by atoms with E-state index in [9.17, 15) is 9.59 Å². The molecular weight excluding hydrogens is 326 g/mol. The summed E-state index contributed by atoms with van der Waals surface area (Å²) in [6, 6.07) is 16.5. The zero-order valence-electron chi connectivity index (χ0n) is 14.6. The Morgan fingerprint density at radius 3 is 2.12 bits per heavy atom. The summed E-state index contributed by atoms with van der Waals surface area (Å²) >= 11 is 0. The number of nitrogens with zero attached hydrogens (tertiary/aromatic N) is 3. The maximum Gasteiger partial charge on any atom is 0.279 e. The fraction of sp³-hybridized carbons (Fsp3) is 0.286. The summed E-state index contributed by atoms with van der Waals surface area (Å²) in [6.07, 6.45) is 4.34. The van der Waals surface area contributed by atoms with E-state index in [1.165, 1.54) is 4.68 Å². The molecule has 132 valence electrons. The van der Waals surface area contributed by atoms with Gasteiger partial charge in [0.15, 0.2) is 5.69 Å². The average molecular weight is 347 g/mol. The second-order valence-electron chi connectivity index (χ2n) is 6.65. The van der Waals surface area contributed by atoms with Crippen LogP contribution in [0.25, 0.3) is 16.5 Å². The van der Waals surface area contributed by atoms with Crippen molar-refractivity contribution in [2.24, 2.45) is 0 Å². The Morgan fingerprint density at radius 1 is 0.808 bits per heavy atom. The first-order chi connectivity index (χ1) is 12.8. The third-order valence-corrected chi connectivity index (χ3v) is 4.90. The second-order valence-corrected chi connectivity index (χ2v) is 6.65. The summed E-state index contributed by atoms with van der Waals surface area (Å²) in [5, 5.41) is 5.63. The topological polar surface area (TPSA) is 55.2 Å². The molecule has 0 radical (unpaired) electrons. The van der Waals surface area contributed by atoms with Crippen LogP contribution in [-0.2, 0) is 0 Å². The highest BCUT2D eigenvalue weighted by Gasteiger charge is 2.23. The molecule has 5 heteroatoms. The molecule has 0 N–H and O–H groups in total. The number of amides is 1. The smallest absolute Gasteiger partial charge is 0.279 e. The Bertz CT molecular complexity index is 987. The van der Waals surface area contributed by atoms with Crippen LogP contribution in [0.2, 0.25) is 0 Å². The molecule has 2 aromatic carbocycles. The Morgan fingerprint density at radius 2 is 1.42 bits per heavy atom. The summed E-state index contributed by atoms with van der Waals surface area (Å²) in [5.74, 6) is -0.0900. The van der Waals surface area contributed by atoms with Gasteiger partial charge in [0, 0.05) is 18.5 Å². The van der Waals surface area contributed by atoms with E-state index in [1.54, 1.807) is 6.07 Å². The van der Waals surface area contributed by atoms with Gasteiger partial charge in [0.1, 0.15) is 0 Å². The van der Waals surface area contributed by atoms with Gasteiger partial charge in [0.25, 0.3) is 11.5 Å². The van der Waals surface area contributed by atoms with E-state index in [0.717, 1.165) is 38.8 Å². The van der Waals surface area contributed by atoms with Crippen molar-refractivity contribution >= 4 is 16.7 Å². The van der Waals surface area contributed by atoms with Crippen molar-refractivity contribution in [3.05, 3.63) is 70.6 Å². The Hall–Kier alpha value is -2.95. The maximum absolute atomic E-state index is 13.2. The number of aromatic nitrogens is 2. The number of para-hydroxylation sites is 1. The summed E-state index contributed by atoms with van der Waals surface area (Å²) in [6.45, 7) is 1.50. The van der Waals surface area contributed by atoms with Gasteiger partial charge in [0.2, 0.25) is 0 Å². The number of benzene rings is 2. The fourth-order valence-electron chi connectivity index (χ4n) is 3.52. The van der Waals surface area contributed by atoms with Gasteiger partial charge in [0.05, 0.1) is 11.1 Å². The molecule has 1 aliphatic rings. The first kappa shape index (κ1) is 16.5. The van der Waals surface area contributed by atoms with Crippen molar-refractivity contribution in [1.82, 2.24) is 14.7 Å². The molecule has 0 spiro atoms. The predicted molar refractivity (Wildman–Crippen MR) is 102 cm³/mol. The number of likely N-dealkylation sites (tertiary alicyclic amines) is 1. The Balaban J connectivity index is 1.89. The fourth-order valence-corrected chi connectivity index (χ4v) is 3.52. The summed E-state index contributed by atoms with van der Waals surface area (Å²) in [7, 11) is 0. The molecule has 1 amide bonds. The zero-order chi connectivity index (χ0) is 17.9. The first-order valence-electron chi connectivity index (χ1n) is 9.12. The second kappa shape index (κ2) is 7.12. The number of hydrogen-bond acceptors (Lipinski definition) is 3. The van der Waals surface area contributed by atoms with Gasteiger partial charge in [-0.3, -0.25) is 9.59 Å². The van der Waals surface area contributed by atoms with Gasteiger partial charge in [-0.2, -0.15) is 9.78 Å². The molecule has 1 aromatic heterocycles. The monoisotopic (exact) mass is 347 g/mol. The van der Waals surface area contributed by atoms with Crippen molar-refractivity contribution in [3.8, 4) is 5.69 Å². The number of fused-ring (bicyclic) bond motifs is 1. The first-order valence-corrected chi connectivity index (χ1v) is 9.12. The molecular formula is C21H21N3O2. The Kier molecular flexibility index (Phi) is 4.52. The van der Waals surface area contributed by atoms with Crippen molar-refractivity contribution in [2.45, 2.75) is 25.7 Å². The molecule has 1 saturated heterocycles. The lowest BCUT2D eigenvalue weighted by Crippen LogP contribution is -2.34. The van der Waals surface area contributed by atoms with Crippen molar-refractivity contribution in [1.29, 1.82) is 0 Å². The average Bonchev–Trinajstić information content (AvgIpc) is 2.98. The molecule has 3 aromatic rings. The minimum atomic E-state index is -0.209. The minimum absolute atomic E-state index is 0.0900. The summed E-state index contributed by atoms with van der Waals surface area (Å²) in [4.78, 5) is 28.0. The third kappa shape index (κ3) is 3.01. The SMILES string of the molecule is O=C(c1nn(-c2ccccc2)c(=O)c2ccccc12)N1CCCCCC1. The Labute approximate surface area is 151 Å². The molecule has 0 aliphatic carbocycles. The number of carbonyl (C=O) groups is 1. The van der Waals surface area contributed by atoms with Crippen LogP contribution in [0.15, 0.2) is 59.4 Å². The van der Waals surface area contributed by atoms with E-state index in [1.807, 2.05) is 53.4 Å². The van der Waals surface area contributed by atoms with Crippen LogP contribution < -0.4 is 5.56 Å². The molecule has 5 nitrogen and oxygen atoms in total. The van der Waals surface area contributed by atoms with Crippen molar-refractivity contribution < 1.29 is 4.79 Å². The van der Waals surface area contributed by atoms with Gasteiger partial charge in [-0.25, -0.2) is 0 Å². The van der Waals surface area contributed by atoms with Crippen molar-refractivity contribution in [3.63, 3.8) is 0 Å². The van der Waals surface area contributed by atoms with Crippen LogP contribution in [0, 0.1) is 0 Å². The number of carbonyl (C=O) groups excluding carboxylic acids is 1. The molecule has 2 heterocycles. The van der Waals surface area contributed by atoms with E-state index >= 15 is 0 Å². The number of hydrogen-bond donors (Lipinski definition) is 0. The zero-order valence-corrected chi connectivity index (χ0v) is 14.6. The molecule has 0 atom stereocenters. The molecule has 1 aliphatic heterocycles. The lowest BCUT2D eigenvalue weighted by molar-refractivity contribution is 0.0756. The standard InChI is InChI=1S/C21H21N3O2/c25-20-18-13-7-6-12-17(18)19(21(26)23-14-8-1-2-9-15-23)22-24(20)16-10-4-3-5-11-16/h3-7,10-13H,1-2,8-9,14-15H2. The molecule has 4 rings (SSSR count). The predicted octanol–water partition coefficient (Wildman–Crippen LogP) is 3.40. The summed E-state index contributed by atoms with van der Waals surface area (Å²) in [5.41, 5.74) is 0.804. The quantitative estimate of drug-likeness (QED) is 0.714. The normalized spacial score (nSPS) is 15.0. The molecule has 0 unspecified atom stereocenters. The van der Waals surface area contributed by atoms with Crippen LogP contribution in [0.4, 0.5) is 0 Å². The van der Waals surface area contributed by atoms with Crippen LogP contribution in [0.1, 0.15) is 36.2 Å². The molecule has 0 saturated carbocycles. The maximum atomic E-state index is 13.2. The minimum Gasteiger partial charge on any atom is -0.337 e. The van der Waals surface area contributed by atoms with Crippen molar-refractivity contribution in [2.75, 3.05) is 13.1 Å². The summed E-state index contributed by atoms with van der Waals surface area (Å²) < 4.78 is 1.34. The van der Waals surface area contributed by atoms with E-state index in [0.29, 0.717) is 22.2 Å². The lowest BCUT2D eigenvalue weighted by atomic mass is 10.1. The molecule has 1 fully saturated rings.